The number of hydrogen-bond acceptors (Lipinski definition) is 2. The number of carbonyl (C=O) groups excluding carboxylic acids is 1. The van der Waals surface area contributed by atoms with Crippen molar-refractivity contribution in [2.75, 3.05) is 17.2 Å². The number of nitrogens with one attached hydrogen (secondary N) is 2. The highest BCUT2D eigenvalue weighted by Gasteiger charge is 2.22. The van der Waals surface area contributed by atoms with Gasteiger partial charge in [0.25, 0.3) is 0 Å². The fraction of sp³-hybridized carbons (Fsp3) is 0.262. The molecule has 5 rings (SSSR count). The topological polar surface area (TPSA) is 41.1 Å². The maximum Gasteiger partial charge on any atom is 0.232 e. The van der Waals surface area contributed by atoms with Crippen LogP contribution in [-0.2, 0) is 16.6 Å². The van der Waals surface area contributed by atoms with Crippen LogP contribution in [0.25, 0.3) is 22.3 Å². The van der Waals surface area contributed by atoms with E-state index in [0.29, 0.717) is 6.42 Å². The maximum absolute atomic E-state index is 14.0. The van der Waals surface area contributed by atoms with Crippen molar-refractivity contribution in [2.24, 2.45) is 0 Å². The predicted molar refractivity (Wildman–Crippen MR) is 192 cm³/mol. The summed E-state index contributed by atoms with van der Waals surface area (Å²) < 4.78 is 0. The van der Waals surface area contributed by atoms with E-state index in [-0.39, 0.29) is 17.2 Å². The zero-order valence-corrected chi connectivity index (χ0v) is 27.8. The molecule has 230 valence electrons. The van der Waals surface area contributed by atoms with Gasteiger partial charge >= 0.3 is 0 Å². The first-order valence-electron chi connectivity index (χ1n) is 16.0. The minimum Gasteiger partial charge on any atom is -0.385 e. The first-order valence-corrected chi connectivity index (χ1v) is 16.0. The van der Waals surface area contributed by atoms with E-state index in [4.69, 9.17) is 0 Å². The second-order valence-corrected chi connectivity index (χ2v) is 13.3. The van der Waals surface area contributed by atoms with Crippen LogP contribution in [0.15, 0.2) is 109 Å². The molecule has 0 heterocycles. The Balaban J connectivity index is 1.39. The van der Waals surface area contributed by atoms with E-state index in [1.807, 2.05) is 12.1 Å². The molecule has 0 fully saturated rings. The van der Waals surface area contributed by atoms with E-state index in [0.717, 1.165) is 40.2 Å². The Morgan fingerprint density at radius 2 is 1.18 bits per heavy atom. The summed E-state index contributed by atoms with van der Waals surface area (Å²) in [6.45, 7) is 16.1. The maximum atomic E-state index is 14.0. The van der Waals surface area contributed by atoms with Gasteiger partial charge in [-0.2, -0.15) is 0 Å². The molecule has 0 aromatic heterocycles. The molecule has 0 aliphatic heterocycles. The highest BCUT2D eigenvalue weighted by Crippen LogP contribution is 2.32. The van der Waals surface area contributed by atoms with E-state index in [1.165, 1.54) is 33.4 Å². The molecule has 1 atom stereocenters. The third-order valence-electron chi connectivity index (χ3n) is 8.61. The van der Waals surface area contributed by atoms with Gasteiger partial charge in [0.15, 0.2) is 0 Å². The Morgan fingerprint density at radius 1 is 0.667 bits per heavy atom. The van der Waals surface area contributed by atoms with Crippen molar-refractivity contribution >= 4 is 17.3 Å². The zero-order valence-electron chi connectivity index (χ0n) is 27.8. The average Bonchev–Trinajstić information content (AvgIpc) is 3.01. The van der Waals surface area contributed by atoms with Crippen LogP contribution in [0.5, 0.6) is 0 Å². The Labute approximate surface area is 269 Å². The number of amides is 1. The average molecular weight is 595 g/mol. The van der Waals surface area contributed by atoms with Crippen LogP contribution in [-0.4, -0.2) is 12.5 Å². The quantitative estimate of drug-likeness (QED) is 0.178. The van der Waals surface area contributed by atoms with Crippen LogP contribution in [0.3, 0.4) is 0 Å². The highest BCUT2D eigenvalue weighted by atomic mass is 16.1. The van der Waals surface area contributed by atoms with Crippen molar-refractivity contribution < 1.29 is 4.79 Å². The molecule has 45 heavy (non-hydrogen) atoms. The third kappa shape index (κ3) is 7.72. The van der Waals surface area contributed by atoms with Crippen LogP contribution >= 0.6 is 0 Å². The Bertz CT molecular complexity index is 1720. The summed E-state index contributed by atoms with van der Waals surface area (Å²) in [4.78, 5) is 14.0. The van der Waals surface area contributed by atoms with E-state index in [9.17, 15) is 4.79 Å². The van der Waals surface area contributed by atoms with Crippen molar-refractivity contribution in [3.8, 4) is 22.3 Å². The molecule has 0 aliphatic rings. The van der Waals surface area contributed by atoms with Crippen molar-refractivity contribution in [3.05, 3.63) is 143 Å². The van der Waals surface area contributed by atoms with Gasteiger partial charge in [-0.1, -0.05) is 111 Å². The molecular weight excluding hydrogens is 548 g/mol. The summed E-state index contributed by atoms with van der Waals surface area (Å²) in [5, 5.41) is 6.58. The van der Waals surface area contributed by atoms with Gasteiger partial charge in [0.2, 0.25) is 5.91 Å². The van der Waals surface area contributed by atoms with Gasteiger partial charge in [0.1, 0.15) is 0 Å². The van der Waals surface area contributed by atoms with Crippen molar-refractivity contribution in [1.29, 1.82) is 0 Å². The van der Waals surface area contributed by atoms with Crippen LogP contribution < -0.4 is 10.6 Å². The number of hydrogen-bond donors (Lipinski definition) is 2. The molecule has 0 bridgehead atoms. The Hall–Kier alpha value is -4.63. The molecule has 0 aliphatic carbocycles. The van der Waals surface area contributed by atoms with Crippen LogP contribution in [0.1, 0.15) is 67.0 Å². The first-order chi connectivity index (χ1) is 21.5. The SMILES string of the molecule is CCNc1ccc(CC(C(=O)Nc2ccc(-c3c(C)cc(C)cc3C)cc2)c2ccc(-c3ccc(C(C)(C)C)cc3)cc2)cc1. The normalized spacial score (nSPS) is 12.1. The van der Waals surface area contributed by atoms with Gasteiger partial charge in [-0.3, -0.25) is 4.79 Å². The number of carbonyl (C=O) groups is 1. The third-order valence-corrected chi connectivity index (χ3v) is 8.61. The lowest BCUT2D eigenvalue weighted by Crippen LogP contribution is -2.23. The van der Waals surface area contributed by atoms with E-state index in [1.54, 1.807) is 0 Å². The molecule has 5 aromatic rings. The number of aryl methyl sites for hydroxylation is 3. The van der Waals surface area contributed by atoms with Crippen molar-refractivity contribution in [1.82, 2.24) is 0 Å². The predicted octanol–water partition coefficient (Wildman–Crippen LogP) is 10.6. The molecule has 0 saturated carbocycles. The molecule has 2 N–H and O–H groups in total. The second kappa shape index (κ2) is 13.6. The standard InChI is InChI=1S/C42H46N2O/c1-8-43-37-21-9-31(10-22-37)27-39(34-13-11-32(12-14-34)33-15-19-36(20-16-33)42(5,6)7)41(45)44-38-23-17-35(18-24-38)40-29(3)25-28(2)26-30(40)4/h9-26,39,43H,8,27H2,1-7H3,(H,44,45). The fourth-order valence-electron chi connectivity index (χ4n) is 6.22. The van der Waals surface area contributed by atoms with E-state index in [2.05, 4.69) is 156 Å². The molecule has 3 nitrogen and oxygen atoms in total. The minimum atomic E-state index is -0.339. The summed E-state index contributed by atoms with van der Waals surface area (Å²) in [7, 11) is 0. The van der Waals surface area contributed by atoms with Gasteiger partial charge < -0.3 is 10.6 Å². The number of anilines is 2. The van der Waals surface area contributed by atoms with Crippen LogP contribution in [0.4, 0.5) is 11.4 Å². The van der Waals surface area contributed by atoms with Gasteiger partial charge in [0.05, 0.1) is 5.92 Å². The minimum absolute atomic E-state index is 0.0107. The number of benzene rings is 5. The lowest BCUT2D eigenvalue weighted by Gasteiger charge is -2.20. The molecule has 5 aromatic carbocycles. The highest BCUT2D eigenvalue weighted by molar-refractivity contribution is 5.96. The molecule has 1 amide bonds. The zero-order chi connectivity index (χ0) is 32.1. The molecule has 0 saturated heterocycles. The molecular formula is C42H46N2O. The van der Waals surface area contributed by atoms with E-state index >= 15 is 0 Å². The smallest absolute Gasteiger partial charge is 0.232 e. The summed E-state index contributed by atoms with van der Waals surface area (Å²) >= 11 is 0. The Morgan fingerprint density at radius 3 is 1.71 bits per heavy atom. The van der Waals surface area contributed by atoms with Crippen molar-refractivity contribution in [2.45, 2.75) is 66.2 Å². The monoisotopic (exact) mass is 594 g/mol. The lowest BCUT2D eigenvalue weighted by molar-refractivity contribution is -0.117. The van der Waals surface area contributed by atoms with Gasteiger partial charge in [-0.05, 0) is 114 Å². The van der Waals surface area contributed by atoms with Crippen molar-refractivity contribution in [3.63, 3.8) is 0 Å². The second-order valence-electron chi connectivity index (χ2n) is 13.3. The van der Waals surface area contributed by atoms with Crippen LogP contribution in [0.2, 0.25) is 0 Å². The Kier molecular flexibility index (Phi) is 9.58. The van der Waals surface area contributed by atoms with E-state index < -0.39 is 0 Å². The van der Waals surface area contributed by atoms with Crippen LogP contribution in [0, 0.1) is 20.8 Å². The summed E-state index contributed by atoms with van der Waals surface area (Å²) in [5.74, 6) is -0.350. The molecule has 3 heteroatoms. The summed E-state index contributed by atoms with van der Waals surface area (Å²) in [6.07, 6.45) is 0.609. The molecule has 1 unspecified atom stereocenters. The lowest BCUT2D eigenvalue weighted by atomic mass is 9.86. The largest absolute Gasteiger partial charge is 0.385 e. The first kappa shape index (κ1) is 31.8. The summed E-state index contributed by atoms with van der Waals surface area (Å²) in [5.41, 5.74) is 14.0. The molecule has 0 spiro atoms. The fourth-order valence-corrected chi connectivity index (χ4v) is 6.22. The summed E-state index contributed by atoms with van der Waals surface area (Å²) in [6, 6.07) is 38.4. The number of rotatable bonds is 9. The van der Waals surface area contributed by atoms with Gasteiger partial charge in [-0.25, -0.2) is 0 Å². The molecule has 0 radical (unpaired) electrons. The van der Waals surface area contributed by atoms with Gasteiger partial charge in [-0.15, -0.1) is 0 Å². The van der Waals surface area contributed by atoms with Gasteiger partial charge in [0, 0.05) is 17.9 Å².